The highest BCUT2D eigenvalue weighted by Crippen LogP contribution is 2.25. The fraction of sp³-hybridized carbons (Fsp3) is 0.417. The number of H-pyrrole nitrogens is 1. The SMILES string of the molecule is CCC(COC)n1c(=S)[nH]c2ccc(F)c(F)c21. The van der Waals surface area contributed by atoms with Crippen LogP contribution in [0, 0.1) is 16.4 Å². The number of halogens is 2. The van der Waals surface area contributed by atoms with Crippen LogP contribution in [0.1, 0.15) is 19.4 Å². The Kier molecular flexibility index (Phi) is 3.77. The van der Waals surface area contributed by atoms with E-state index in [1.807, 2.05) is 6.92 Å². The third-order valence-corrected chi connectivity index (χ3v) is 3.26. The molecule has 2 aromatic rings. The van der Waals surface area contributed by atoms with Crippen LogP contribution in [0.2, 0.25) is 0 Å². The molecule has 0 saturated carbocycles. The standard InChI is InChI=1S/C12H14F2N2OS/c1-3-7(6-17-2)16-11-9(15-12(16)18)5-4-8(13)10(11)14/h4-5,7H,3,6H2,1-2H3,(H,15,18). The molecule has 1 aromatic heterocycles. The van der Waals surface area contributed by atoms with Gasteiger partial charge in [0.15, 0.2) is 16.4 Å². The van der Waals surface area contributed by atoms with E-state index < -0.39 is 11.6 Å². The summed E-state index contributed by atoms with van der Waals surface area (Å²) in [6.07, 6.45) is 0.713. The van der Waals surface area contributed by atoms with Crippen LogP contribution in [0.15, 0.2) is 12.1 Å². The van der Waals surface area contributed by atoms with Gasteiger partial charge in [0.2, 0.25) is 0 Å². The number of ether oxygens (including phenoxy) is 1. The fourth-order valence-electron chi connectivity index (χ4n) is 2.07. The van der Waals surface area contributed by atoms with Crippen LogP contribution in [0.5, 0.6) is 0 Å². The Morgan fingerprint density at radius 3 is 2.78 bits per heavy atom. The third kappa shape index (κ3) is 2.06. The second-order valence-corrected chi connectivity index (χ2v) is 4.46. The van der Waals surface area contributed by atoms with Crippen LogP contribution in [-0.2, 0) is 4.74 Å². The maximum absolute atomic E-state index is 13.9. The summed E-state index contributed by atoms with van der Waals surface area (Å²) in [6, 6.07) is 2.46. The Bertz CT molecular complexity index is 620. The summed E-state index contributed by atoms with van der Waals surface area (Å²) < 4.78 is 34.3. The highest BCUT2D eigenvalue weighted by molar-refractivity contribution is 7.71. The van der Waals surface area contributed by atoms with Crippen LogP contribution in [0.4, 0.5) is 8.78 Å². The molecule has 0 aliphatic rings. The molecule has 1 aromatic carbocycles. The van der Waals surface area contributed by atoms with Gasteiger partial charge in [0.05, 0.1) is 18.2 Å². The van der Waals surface area contributed by atoms with Gasteiger partial charge >= 0.3 is 0 Å². The van der Waals surface area contributed by atoms with Crippen molar-refractivity contribution in [2.45, 2.75) is 19.4 Å². The fourth-order valence-corrected chi connectivity index (χ4v) is 2.42. The van der Waals surface area contributed by atoms with Gasteiger partial charge in [-0.2, -0.15) is 0 Å². The van der Waals surface area contributed by atoms with E-state index in [1.165, 1.54) is 6.07 Å². The van der Waals surface area contributed by atoms with Gasteiger partial charge in [0, 0.05) is 7.11 Å². The van der Waals surface area contributed by atoms with Crippen molar-refractivity contribution in [1.82, 2.24) is 9.55 Å². The van der Waals surface area contributed by atoms with Gasteiger partial charge in [-0.15, -0.1) is 0 Å². The maximum atomic E-state index is 13.9. The molecule has 1 heterocycles. The van der Waals surface area contributed by atoms with Crippen molar-refractivity contribution in [2.24, 2.45) is 0 Å². The molecule has 3 nitrogen and oxygen atoms in total. The van der Waals surface area contributed by atoms with E-state index in [1.54, 1.807) is 11.7 Å². The van der Waals surface area contributed by atoms with E-state index in [-0.39, 0.29) is 11.6 Å². The molecule has 98 valence electrons. The van der Waals surface area contributed by atoms with Crippen LogP contribution in [0.25, 0.3) is 11.0 Å². The zero-order valence-corrected chi connectivity index (χ0v) is 11.0. The Hall–Kier alpha value is -1.27. The Balaban J connectivity index is 2.72. The first-order chi connectivity index (χ1) is 8.60. The first-order valence-corrected chi connectivity index (χ1v) is 6.08. The average molecular weight is 272 g/mol. The minimum absolute atomic E-state index is 0.118. The molecular formula is C12H14F2N2OS. The smallest absolute Gasteiger partial charge is 0.184 e. The molecule has 1 atom stereocenters. The highest BCUT2D eigenvalue weighted by atomic mass is 32.1. The van der Waals surface area contributed by atoms with Gasteiger partial charge in [-0.3, -0.25) is 0 Å². The Labute approximate surface area is 108 Å². The number of methoxy groups -OCH3 is 1. The van der Waals surface area contributed by atoms with Crippen molar-refractivity contribution in [1.29, 1.82) is 0 Å². The lowest BCUT2D eigenvalue weighted by Gasteiger charge is -2.17. The van der Waals surface area contributed by atoms with Crippen LogP contribution < -0.4 is 0 Å². The first-order valence-electron chi connectivity index (χ1n) is 5.67. The van der Waals surface area contributed by atoms with Crippen molar-refractivity contribution in [3.05, 3.63) is 28.5 Å². The molecule has 0 saturated heterocycles. The second-order valence-electron chi connectivity index (χ2n) is 4.08. The summed E-state index contributed by atoms with van der Waals surface area (Å²) in [5.41, 5.74) is 0.664. The molecule has 0 aliphatic carbocycles. The second kappa shape index (κ2) is 5.16. The van der Waals surface area contributed by atoms with Crippen molar-refractivity contribution in [3.8, 4) is 0 Å². The van der Waals surface area contributed by atoms with Crippen LogP contribution in [-0.4, -0.2) is 23.3 Å². The van der Waals surface area contributed by atoms with Gasteiger partial charge in [0.1, 0.15) is 5.52 Å². The maximum Gasteiger partial charge on any atom is 0.184 e. The number of imidazole rings is 1. The first kappa shape index (κ1) is 13.2. The molecule has 0 bridgehead atoms. The Morgan fingerprint density at radius 2 is 2.17 bits per heavy atom. The van der Waals surface area contributed by atoms with E-state index >= 15 is 0 Å². The summed E-state index contributed by atoms with van der Waals surface area (Å²) in [7, 11) is 1.57. The van der Waals surface area contributed by atoms with E-state index in [2.05, 4.69) is 4.98 Å². The monoisotopic (exact) mass is 272 g/mol. The summed E-state index contributed by atoms with van der Waals surface area (Å²) in [5.74, 6) is -1.76. The topological polar surface area (TPSA) is 29.9 Å². The number of rotatable bonds is 4. The molecule has 6 heteroatoms. The zero-order chi connectivity index (χ0) is 13.3. The number of hydrogen-bond donors (Lipinski definition) is 1. The molecule has 0 amide bonds. The summed E-state index contributed by atoms with van der Waals surface area (Å²) in [6.45, 7) is 2.34. The van der Waals surface area contributed by atoms with Gasteiger partial charge in [-0.05, 0) is 30.8 Å². The van der Waals surface area contributed by atoms with Gasteiger partial charge < -0.3 is 14.3 Å². The number of aromatic nitrogens is 2. The van der Waals surface area contributed by atoms with Crippen molar-refractivity contribution in [2.75, 3.05) is 13.7 Å². The van der Waals surface area contributed by atoms with Crippen molar-refractivity contribution >= 4 is 23.3 Å². The largest absolute Gasteiger partial charge is 0.383 e. The minimum atomic E-state index is -0.880. The molecule has 0 fully saturated rings. The highest BCUT2D eigenvalue weighted by Gasteiger charge is 2.18. The molecule has 1 unspecified atom stereocenters. The van der Waals surface area contributed by atoms with E-state index in [0.29, 0.717) is 23.3 Å². The van der Waals surface area contributed by atoms with E-state index in [4.69, 9.17) is 17.0 Å². The molecule has 2 rings (SSSR count). The number of nitrogens with zero attached hydrogens (tertiary/aromatic N) is 1. The number of aromatic amines is 1. The summed E-state index contributed by atoms with van der Waals surface area (Å²) in [4.78, 5) is 2.88. The molecule has 0 radical (unpaired) electrons. The van der Waals surface area contributed by atoms with E-state index in [9.17, 15) is 8.78 Å². The number of fused-ring (bicyclic) bond motifs is 1. The van der Waals surface area contributed by atoms with Gasteiger partial charge in [0.25, 0.3) is 0 Å². The lowest BCUT2D eigenvalue weighted by Crippen LogP contribution is -2.14. The molecule has 18 heavy (non-hydrogen) atoms. The number of benzene rings is 1. The van der Waals surface area contributed by atoms with Crippen LogP contribution >= 0.6 is 12.2 Å². The molecule has 0 aliphatic heterocycles. The average Bonchev–Trinajstić information content (AvgIpc) is 2.68. The summed E-state index contributed by atoms with van der Waals surface area (Å²) >= 11 is 5.18. The molecular weight excluding hydrogens is 258 g/mol. The number of hydrogen-bond acceptors (Lipinski definition) is 2. The number of nitrogens with one attached hydrogen (secondary N) is 1. The Morgan fingerprint density at radius 1 is 1.44 bits per heavy atom. The predicted molar refractivity (Wildman–Crippen MR) is 68.2 cm³/mol. The predicted octanol–water partition coefficient (Wildman–Crippen LogP) is 3.57. The molecule has 1 N–H and O–H groups in total. The summed E-state index contributed by atoms with van der Waals surface area (Å²) in [5, 5.41) is 0. The zero-order valence-electron chi connectivity index (χ0n) is 10.2. The van der Waals surface area contributed by atoms with Gasteiger partial charge in [-0.25, -0.2) is 8.78 Å². The lowest BCUT2D eigenvalue weighted by molar-refractivity contribution is 0.154. The normalized spacial score (nSPS) is 13.1. The third-order valence-electron chi connectivity index (χ3n) is 2.97. The lowest BCUT2D eigenvalue weighted by atomic mass is 10.2. The van der Waals surface area contributed by atoms with Crippen molar-refractivity contribution < 1.29 is 13.5 Å². The van der Waals surface area contributed by atoms with E-state index in [0.717, 1.165) is 6.07 Å². The minimum Gasteiger partial charge on any atom is -0.383 e. The van der Waals surface area contributed by atoms with Gasteiger partial charge in [-0.1, -0.05) is 6.92 Å². The quantitative estimate of drug-likeness (QED) is 0.862. The molecule has 0 spiro atoms. The van der Waals surface area contributed by atoms with Crippen LogP contribution in [0.3, 0.4) is 0 Å². The van der Waals surface area contributed by atoms with Crippen molar-refractivity contribution in [3.63, 3.8) is 0 Å².